The standard InChI is InChI=1S/C15H24N2O3S/c1-10-3-8-14(16)15(11(10)2)21(19,20)17-9-12-4-6-13(18)7-5-12/h3,8,12-13,17-18H,4-7,9,16H2,1-2H3. The average molecular weight is 312 g/mol. The van der Waals surface area contributed by atoms with E-state index in [1.54, 1.807) is 13.0 Å². The minimum Gasteiger partial charge on any atom is -0.398 e. The van der Waals surface area contributed by atoms with Gasteiger partial charge in [0, 0.05) is 6.54 Å². The molecule has 2 rings (SSSR count). The molecule has 4 N–H and O–H groups in total. The summed E-state index contributed by atoms with van der Waals surface area (Å²) < 4.78 is 27.7. The highest BCUT2D eigenvalue weighted by Gasteiger charge is 2.24. The number of nitrogen functional groups attached to an aromatic ring is 1. The number of nitrogens with two attached hydrogens (primary N) is 1. The molecule has 5 nitrogen and oxygen atoms in total. The van der Waals surface area contributed by atoms with Crippen LogP contribution >= 0.6 is 0 Å². The van der Waals surface area contributed by atoms with Crippen LogP contribution in [0.5, 0.6) is 0 Å². The van der Waals surface area contributed by atoms with E-state index in [9.17, 15) is 13.5 Å². The fourth-order valence-electron chi connectivity index (χ4n) is 2.82. The van der Waals surface area contributed by atoms with Crippen molar-refractivity contribution in [3.63, 3.8) is 0 Å². The fourth-order valence-corrected chi connectivity index (χ4v) is 4.36. The minimum atomic E-state index is -3.59. The van der Waals surface area contributed by atoms with Gasteiger partial charge in [0.25, 0.3) is 0 Å². The number of aryl methyl sites for hydroxylation is 1. The largest absolute Gasteiger partial charge is 0.398 e. The molecule has 1 aliphatic rings. The quantitative estimate of drug-likeness (QED) is 0.738. The summed E-state index contributed by atoms with van der Waals surface area (Å²) in [7, 11) is -3.59. The summed E-state index contributed by atoms with van der Waals surface area (Å²) in [6.45, 7) is 4.05. The number of sulfonamides is 1. The Morgan fingerprint density at radius 1 is 1.24 bits per heavy atom. The Morgan fingerprint density at radius 2 is 1.86 bits per heavy atom. The highest BCUT2D eigenvalue weighted by Crippen LogP contribution is 2.27. The molecule has 0 amide bonds. The van der Waals surface area contributed by atoms with Crippen molar-refractivity contribution in [2.75, 3.05) is 12.3 Å². The monoisotopic (exact) mass is 312 g/mol. The predicted molar refractivity (Wildman–Crippen MR) is 83.5 cm³/mol. The number of aliphatic hydroxyl groups excluding tert-OH is 1. The van der Waals surface area contributed by atoms with Gasteiger partial charge in [-0.3, -0.25) is 0 Å². The van der Waals surface area contributed by atoms with E-state index in [2.05, 4.69) is 4.72 Å². The number of rotatable bonds is 4. The van der Waals surface area contributed by atoms with Gasteiger partial charge in [0.15, 0.2) is 0 Å². The van der Waals surface area contributed by atoms with Crippen LogP contribution in [-0.4, -0.2) is 26.2 Å². The van der Waals surface area contributed by atoms with Crippen molar-refractivity contribution >= 4 is 15.7 Å². The van der Waals surface area contributed by atoms with Crippen LogP contribution < -0.4 is 10.5 Å². The Balaban J connectivity index is 2.11. The summed E-state index contributed by atoms with van der Waals surface area (Å²) in [5.41, 5.74) is 7.74. The van der Waals surface area contributed by atoms with E-state index < -0.39 is 10.0 Å². The first-order chi connectivity index (χ1) is 9.81. The summed E-state index contributed by atoms with van der Waals surface area (Å²) in [4.78, 5) is 0.193. The summed E-state index contributed by atoms with van der Waals surface area (Å²) in [5, 5.41) is 9.48. The molecule has 0 bridgehead atoms. The molecule has 0 aromatic heterocycles. The maximum absolute atomic E-state index is 12.5. The van der Waals surface area contributed by atoms with E-state index in [1.165, 1.54) is 0 Å². The normalized spacial score (nSPS) is 23.2. The van der Waals surface area contributed by atoms with Crippen LogP contribution in [0.25, 0.3) is 0 Å². The lowest BCUT2D eigenvalue weighted by molar-refractivity contribution is 0.109. The second-order valence-corrected chi connectivity index (χ2v) is 7.66. The van der Waals surface area contributed by atoms with E-state index in [4.69, 9.17) is 5.73 Å². The minimum absolute atomic E-state index is 0.193. The zero-order valence-electron chi connectivity index (χ0n) is 12.6. The first-order valence-corrected chi connectivity index (χ1v) is 8.83. The number of benzene rings is 1. The number of aliphatic hydroxyl groups is 1. The van der Waals surface area contributed by atoms with Crippen LogP contribution in [0.2, 0.25) is 0 Å². The third-order valence-electron chi connectivity index (χ3n) is 4.35. The van der Waals surface area contributed by atoms with Gasteiger partial charge in [-0.05, 0) is 62.6 Å². The highest BCUT2D eigenvalue weighted by molar-refractivity contribution is 7.89. The van der Waals surface area contributed by atoms with Gasteiger partial charge in [-0.1, -0.05) is 6.07 Å². The van der Waals surface area contributed by atoms with E-state index in [1.807, 2.05) is 13.0 Å². The molecule has 1 aliphatic carbocycles. The van der Waals surface area contributed by atoms with Crippen LogP contribution in [-0.2, 0) is 10.0 Å². The Bertz CT molecular complexity index is 606. The molecule has 6 heteroatoms. The van der Waals surface area contributed by atoms with Gasteiger partial charge in [-0.15, -0.1) is 0 Å². The Hall–Kier alpha value is -1.11. The number of hydrogen-bond donors (Lipinski definition) is 3. The first kappa shape index (κ1) is 16.3. The first-order valence-electron chi connectivity index (χ1n) is 7.34. The number of nitrogens with one attached hydrogen (secondary N) is 1. The van der Waals surface area contributed by atoms with Crippen LogP contribution in [0.3, 0.4) is 0 Å². The van der Waals surface area contributed by atoms with Crippen LogP contribution in [0.4, 0.5) is 5.69 Å². The lowest BCUT2D eigenvalue weighted by Crippen LogP contribution is -2.33. The summed E-state index contributed by atoms with van der Waals surface area (Å²) in [6, 6.07) is 3.46. The topological polar surface area (TPSA) is 92.4 Å². The van der Waals surface area contributed by atoms with Gasteiger partial charge < -0.3 is 10.8 Å². The fraction of sp³-hybridized carbons (Fsp3) is 0.600. The third-order valence-corrected chi connectivity index (χ3v) is 5.98. The van der Waals surface area contributed by atoms with Crippen LogP contribution in [0, 0.1) is 19.8 Å². The molecule has 0 radical (unpaired) electrons. The maximum atomic E-state index is 12.5. The van der Waals surface area contributed by atoms with Gasteiger partial charge >= 0.3 is 0 Å². The van der Waals surface area contributed by atoms with Crippen molar-refractivity contribution in [1.29, 1.82) is 0 Å². The maximum Gasteiger partial charge on any atom is 0.242 e. The molecule has 0 spiro atoms. The summed E-state index contributed by atoms with van der Waals surface area (Å²) in [6.07, 6.45) is 2.97. The molecule has 1 aromatic rings. The van der Waals surface area contributed by atoms with Gasteiger partial charge in [-0.2, -0.15) is 0 Å². The van der Waals surface area contributed by atoms with Gasteiger partial charge in [0.05, 0.1) is 11.8 Å². The molecule has 0 aliphatic heterocycles. The lowest BCUT2D eigenvalue weighted by atomic mass is 9.88. The Labute approximate surface area is 126 Å². The summed E-state index contributed by atoms with van der Waals surface area (Å²) in [5.74, 6) is 0.287. The van der Waals surface area contributed by atoms with E-state index in [-0.39, 0.29) is 22.6 Å². The van der Waals surface area contributed by atoms with Gasteiger partial charge in [0.1, 0.15) is 4.90 Å². The van der Waals surface area contributed by atoms with Crippen molar-refractivity contribution in [3.05, 3.63) is 23.3 Å². The van der Waals surface area contributed by atoms with Crippen LogP contribution in [0.15, 0.2) is 17.0 Å². The molecule has 0 unspecified atom stereocenters. The molecule has 0 atom stereocenters. The second-order valence-electron chi connectivity index (χ2n) is 5.95. The van der Waals surface area contributed by atoms with Gasteiger partial charge in [-0.25, -0.2) is 13.1 Å². The Morgan fingerprint density at radius 3 is 2.48 bits per heavy atom. The molecule has 21 heavy (non-hydrogen) atoms. The molecule has 1 aromatic carbocycles. The second kappa shape index (κ2) is 6.34. The molecule has 0 heterocycles. The van der Waals surface area contributed by atoms with Crippen molar-refractivity contribution < 1.29 is 13.5 Å². The van der Waals surface area contributed by atoms with Crippen molar-refractivity contribution in [3.8, 4) is 0 Å². The average Bonchev–Trinajstić information content (AvgIpc) is 2.43. The van der Waals surface area contributed by atoms with Crippen molar-refractivity contribution in [1.82, 2.24) is 4.72 Å². The molecule has 1 fully saturated rings. The molecular formula is C15H24N2O3S. The SMILES string of the molecule is Cc1ccc(N)c(S(=O)(=O)NCC2CCC(O)CC2)c1C. The predicted octanol–water partition coefficient (Wildman–Crippen LogP) is 1.72. The van der Waals surface area contributed by atoms with Gasteiger partial charge in [0.2, 0.25) is 10.0 Å². The van der Waals surface area contributed by atoms with Crippen LogP contribution in [0.1, 0.15) is 36.8 Å². The van der Waals surface area contributed by atoms with E-state index in [0.717, 1.165) is 31.2 Å². The van der Waals surface area contributed by atoms with E-state index in [0.29, 0.717) is 12.1 Å². The molecule has 118 valence electrons. The molecular weight excluding hydrogens is 288 g/mol. The number of hydrogen-bond acceptors (Lipinski definition) is 4. The zero-order valence-corrected chi connectivity index (χ0v) is 13.4. The molecule has 0 saturated heterocycles. The van der Waals surface area contributed by atoms with Crippen molar-refractivity contribution in [2.24, 2.45) is 5.92 Å². The Kier molecular flexibility index (Phi) is 4.91. The lowest BCUT2D eigenvalue weighted by Gasteiger charge is -2.25. The number of anilines is 1. The molecule has 1 saturated carbocycles. The third kappa shape index (κ3) is 3.75. The van der Waals surface area contributed by atoms with Crippen molar-refractivity contribution in [2.45, 2.75) is 50.5 Å². The highest BCUT2D eigenvalue weighted by atomic mass is 32.2. The zero-order chi connectivity index (χ0) is 15.6. The summed E-state index contributed by atoms with van der Waals surface area (Å²) >= 11 is 0. The smallest absolute Gasteiger partial charge is 0.242 e. The van der Waals surface area contributed by atoms with E-state index >= 15 is 0 Å².